The van der Waals surface area contributed by atoms with Crippen LogP contribution in [0.1, 0.15) is 42.1 Å². The van der Waals surface area contributed by atoms with Crippen LogP contribution < -0.4 is 5.32 Å². The Labute approximate surface area is 109 Å². The van der Waals surface area contributed by atoms with Gasteiger partial charge in [-0.1, -0.05) is 6.92 Å². The van der Waals surface area contributed by atoms with E-state index >= 15 is 0 Å². The molecule has 0 amide bonds. The van der Waals surface area contributed by atoms with Gasteiger partial charge in [-0.25, -0.2) is 4.98 Å². The zero-order chi connectivity index (χ0) is 11.7. The first-order valence-electron chi connectivity index (χ1n) is 6.02. The quantitative estimate of drug-likeness (QED) is 0.920. The molecule has 2 aromatic heterocycles. The van der Waals surface area contributed by atoms with Gasteiger partial charge in [-0.15, -0.1) is 11.3 Å². The fourth-order valence-electron chi connectivity index (χ4n) is 2.24. The fourth-order valence-corrected chi connectivity index (χ4v) is 3.93. The summed E-state index contributed by atoms with van der Waals surface area (Å²) in [5.41, 5.74) is 1.47. The van der Waals surface area contributed by atoms with Crippen LogP contribution in [-0.4, -0.2) is 9.36 Å². The van der Waals surface area contributed by atoms with E-state index in [4.69, 9.17) is 0 Å². The highest BCUT2D eigenvalue weighted by Gasteiger charge is 2.21. The highest BCUT2D eigenvalue weighted by molar-refractivity contribution is 7.10. The Balaban J connectivity index is 1.78. The molecule has 2 aromatic rings. The van der Waals surface area contributed by atoms with E-state index in [2.05, 4.69) is 33.0 Å². The molecule has 90 valence electrons. The maximum atomic E-state index is 4.48. The van der Waals surface area contributed by atoms with E-state index in [0.717, 1.165) is 17.4 Å². The first kappa shape index (κ1) is 11.2. The van der Waals surface area contributed by atoms with Gasteiger partial charge in [0.1, 0.15) is 5.82 Å². The van der Waals surface area contributed by atoms with Gasteiger partial charge in [0.15, 0.2) is 0 Å². The minimum absolute atomic E-state index is 0.433. The van der Waals surface area contributed by atoms with Crippen molar-refractivity contribution in [2.75, 3.05) is 5.32 Å². The fraction of sp³-hybridized carbons (Fsp3) is 0.500. The van der Waals surface area contributed by atoms with E-state index in [9.17, 15) is 0 Å². The lowest BCUT2D eigenvalue weighted by Gasteiger charge is -2.23. The number of fused-ring (bicyclic) bond motifs is 1. The third-order valence-corrected chi connectivity index (χ3v) is 4.81. The molecular formula is C12H15N3S2. The molecule has 0 fully saturated rings. The number of nitrogens with zero attached hydrogens (tertiary/aromatic N) is 2. The largest absolute Gasteiger partial charge is 0.353 e. The standard InChI is InChI=1S/C12H15N3S2/c1-2-11-14-12(17-15-11)13-9-4-3-5-10-8(9)6-7-16-10/h6-7,9H,2-5H2,1H3,(H,13,14,15). The summed E-state index contributed by atoms with van der Waals surface area (Å²) < 4.78 is 4.31. The Hall–Kier alpha value is -0.940. The SMILES string of the molecule is CCc1nsc(NC2CCCc3sccc32)n1. The predicted octanol–water partition coefficient (Wildman–Crippen LogP) is 3.65. The first-order valence-corrected chi connectivity index (χ1v) is 7.67. The minimum Gasteiger partial charge on any atom is -0.353 e. The van der Waals surface area contributed by atoms with Gasteiger partial charge in [-0.05, 0) is 36.3 Å². The van der Waals surface area contributed by atoms with E-state index < -0.39 is 0 Å². The van der Waals surface area contributed by atoms with Gasteiger partial charge < -0.3 is 5.32 Å². The van der Waals surface area contributed by atoms with Crippen molar-refractivity contribution in [3.63, 3.8) is 0 Å². The van der Waals surface area contributed by atoms with Crippen molar-refractivity contribution in [3.05, 3.63) is 27.7 Å². The molecule has 1 unspecified atom stereocenters. The molecule has 0 bridgehead atoms. The lowest BCUT2D eigenvalue weighted by Crippen LogP contribution is -2.15. The Bertz CT molecular complexity index is 503. The van der Waals surface area contributed by atoms with E-state index in [0.29, 0.717) is 6.04 Å². The van der Waals surface area contributed by atoms with Gasteiger partial charge >= 0.3 is 0 Å². The van der Waals surface area contributed by atoms with Crippen LogP contribution in [0.2, 0.25) is 0 Å². The average Bonchev–Trinajstić information content (AvgIpc) is 2.97. The Morgan fingerprint density at radius 2 is 2.47 bits per heavy atom. The van der Waals surface area contributed by atoms with Crippen LogP contribution in [0.4, 0.5) is 5.13 Å². The Morgan fingerprint density at radius 1 is 1.53 bits per heavy atom. The summed E-state index contributed by atoms with van der Waals surface area (Å²) in [6.45, 7) is 2.09. The smallest absolute Gasteiger partial charge is 0.203 e. The highest BCUT2D eigenvalue weighted by atomic mass is 32.1. The van der Waals surface area contributed by atoms with Crippen molar-refractivity contribution in [1.29, 1.82) is 0 Å². The molecule has 0 saturated heterocycles. The number of hydrogen-bond donors (Lipinski definition) is 1. The highest BCUT2D eigenvalue weighted by Crippen LogP contribution is 2.35. The van der Waals surface area contributed by atoms with E-state index in [-0.39, 0.29) is 0 Å². The second-order valence-corrected chi connectivity index (χ2v) is 6.01. The van der Waals surface area contributed by atoms with Gasteiger partial charge in [0.25, 0.3) is 0 Å². The molecule has 0 aromatic carbocycles. The normalized spacial score (nSPS) is 19.0. The number of thiophene rings is 1. The maximum Gasteiger partial charge on any atom is 0.203 e. The number of anilines is 1. The number of aromatic nitrogens is 2. The van der Waals surface area contributed by atoms with Crippen LogP contribution in [0.15, 0.2) is 11.4 Å². The molecule has 5 heteroatoms. The van der Waals surface area contributed by atoms with E-state index in [1.807, 2.05) is 11.3 Å². The van der Waals surface area contributed by atoms with Crippen LogP contribution >= 0.6 is 22.9 Å². The van der Waals surface area contributed by atoms with Gasteiger partial charge in [-0.3, -0.25) is 0 Å². The van der Waals surface area contributed by atoms with Gasteiger partial charge in [0.2, 0.25) is 5.13 Å². The summed E-state index contributed by atoms with van der Waals surface area (Å²) in [6, 6.07) is 2.68. The molecule has 3 nitrogen and oxygen atoms in total. The Morgan fingerprint density at radius 3 is 3.29 bits per heavy atom. The van der Waals surface area contributed by atoms with Crippen molar-refractivity contribution in [2.24, 2.45) is 0 Å². The zero-order valence-corrected chi connectivity index (χ0v) is 11.4. The second-order valence-electron chi connectivity index (χ2n) is 4.26. The maximum absolute atomic E-state index is 4.48. The van der Waals surface area contributed by atoms with Crippen LogP contribution in [0.25, 0.3) is 0 Å². The molecule has 17 heavy (non-hydrogen) atoms. The summed E-state index contributed by atoms with van der Waals surface area (Å²) in [5.74, 6) is 0.943. The molecule has 1 N–H and O–H groups in total. The molecule has 0 spiro atoms. The summed E-state index contributed by atoms with van der Waals surface area (Å²) in [6.07, 6.45) is 4.61. The summed E-state index contributed by atoms with van der Waals surface area (Å²) in [7, 11) is 0. The summed E-state index contributed by atoms with van der Waals surface area (Å²) in [4.78, 5) is 6.02. The van der Waals surface area contributed by atoms with Crippen LogP contribution in [-0.2, 0) is 12.8 Å². The molecule has 3 rings (SSSR count). The zero-order valence-electron chi connectivity index (χ0n) is 9.77. The van der Waals surface area contributed by atoms with Crippen LogP contribution in [0.3, 0.4) is 0 Å². The van der Waals surface area contributed by atoms with E-state index in [1.165, 1.54) is 41.2 Å². The lowest BCUT2D eigenvalue weighted by molar-refractivity contribution is 0.608. The molecule has 1 atom stereocenters. The molecule has 2 heterocycles. The van der Waals surface area contributed by atoms with E-state index in [1.54, 1.807) is 0 Å². The molecular weight excluding hydrogens is 250 g/mol. The molecule has 0 radical (unpaired) electrons. The number of rotatable bonds is 3. The Kier molecular flexibility index (Phi) is 3.11. The van der Waals surface area contributed by atoms with Crippen LogP contribution in [0, 0.1) is 0 Å². The van der Waals surface area contributed by atoms with Crippen molar-refractivity contribution >= 4 is 28.0 Å². The number of hydrogen-bond acceptors (Lipinski definition) is 5. The minimum atomic E-state index is 0.433. The first-order chi connectivity index (χ1) is 8.36. The van der Waals surface area contributed by atoms with Crippen LogP contribution in [0.5, 0.6) is 0 Å². The lowest BCUT2D eigenvalue weighted by atomic mass is 9.94. The van der Waals surface area contributed by atoms with Crippen molar-refractivity contribution in [1.82, 2.24) is 9.36 Å². The second kappa shape index (κ2) is 4.74. The molecule has 1 aliphatic rings. The van der Waals surface area contributed by atoms with Gasteiger partial charge in [0, 0.05) is 22.8 Å². The summed E-state index contributed by atoms with van der Waals surface area (Å²) in [5, 5.41) is 6.69. The molecule has 0 saturated carbocycles. The number of aryl methyl sites for hydroxylation is 2. The monoisotopic (exact) mass is 265 g/mol. The average molecular weight is 265 g/mol. The van der Waals surface area contributed by atoms with Gasteiger partial charge in [0.05, 0.1) is 6.04 Å². The van der Waals surface area contributed by atoms with Crippen molar-refractivity contribution < 1.29 is 0 Å². The number of nitrogens with one attached hydrogen (secondary N) is 1. The third kappa shape index (κ3) is 2.21. The van der Waals surface area contributed by atoms with Crippen molar-refractivity contribution in [2.45, 2.75) is 38.6 Å². The topological polar surface area (TPSA) is 37.8 Å². The summed E-state index contributed by atoms with van der Waals surface area (Å²) >= 11 is 3.35. The predicted molar refractivity (Wildman–Crippen MR) is 72.9 cm³/mol. The third-order valence-electron chi connectivity index (χ3n) is 3.13. The van der Waals surface area contributed by atoms with Crippen molar-refractivity contribution in [3.8, 4) is 0 Å². The molecule has 1 aliphatic carbocycles. The molecule has 0 aliphatic heterocycles. The van der Waals surface area contributed by atoms with Gasteiger partial charge in [-0.2, -0.15) is 4.37 Å².